The number of thiocarbonyl (C=S) groups is 1. The third kappa shape index (κ3) is 3.42. The Hall–Kier alpha value is -1.58. The fraction of sp³-hybridized carbons (Fsp3) is 0.154. The number of aliphatic carboxylic acids is 1. The topological polar surface area (TPSA) is 87.1 Å². The van der Waals surface area contributed by atoms with Gasteiger partial charge in [-0.25, -0.2) is 0 Å². The number of phenolic OH excluding ortho intramolecular Hbond substituents is 1. The first kappa shape index (κ1) is 16.8. The highest BCUT2D eigenvalue weighted by Crippen LogP contribution is 2.37. The Balaban J connectivity index is 2.36. The lowest BCUT2D eigenvalue weighted by atomic mass is 10.2. The standard InChI is InChI=1S/C13H10BrNO5S2/c1-20-9-2-6(7(14)4-8(9)16)3-10-12(19)15(5-11(17)18)13(21)22-10/h2-4,16H,5H2,1H3,(H,17,18)/b10-3+. The first-order valence-electron chi connectivity index (χ1n) is 5.87. The molecule has 1 aromatic rings. The number of carbonyl (C=O) groups excluding carboxylic acids is 1. The van der Waals surface area contributed by atoms with Gasteiger partial charge in [0, 0.05) is 4.47 Å². The fourth-order valence-electron chi connectivity index (χ4n) is 1.75. The van der Waals surface area contributed by atoms with Crippen LogP contribution in [-0.2, 0) is 9.59 Å². The van der Waals surface area contributed by atoms with Crippen molar-refractivity contribution in [1.82, 2.24) is 4.90 Å². The minimum Gasteiger partial charge on any atom is -0.504 e. The molecule has 0 atom stereocenters. The van der Waals surface area contributed by atoms with E-state index in [1.807, 2.05) is 0 Å². The van der Waals surface area contributed by atoms with E-state index in [9.17, 15) is 14.7 Å². The van der Waals surface area contributed by atoms with Crippen LogP contribution in [0, 0.1) is 0 Å². The molecule has 0 bridgehead atoms. The van der Waals surface area contributed by atoms with E-state index in [4.69, 9.17) is 22.1 Å². The number of nitrogens with zero attached hydrogens (tertiary/aromatic N) is 1. The van der Waals surface area contributed by atoms with Gasteiger partial charge in [0.2, 0.25) is 0 Å². The average molecular weight is 404 g/mol. The second-order valence-corrected chi connectivity index (χ2v) is 6.74. The normalized spacial score (nSPS) is 16.5. The molecular weight excluding hydrogens is 394 g/mol. The van der Waals surface area contributed by atoms with Crippen molar-refractivity contribution in [3.63, 3.8) is 0 Å². The van der Waals surface area contributed by atoms with Crippen molar-refractivity contribution in [2.24, 2.45) is 0 Å². The molecule has 1 heterocycles. The summed E-state index contributed by atoms with van der Waals surface area (Å²) < 4.78 is 5.78. The van der Waals surface area contributed by atoms with Crippen molar-refractivity contribution >= 4 is 62.2 Å². The van der Waals surface area contributed by atoms with Gasteiger partial charge in [-0.05, 0) is 23.8 Å². The zero-order valence-corrected chi connectivity index (χ0v) is 14.4. The number of hydrogen-bond acceptors (Lipinski definition) is 6. The van der Waals surface area contributed by atoms with E-state index >= 15 is 0 Å². The molecule has 9 heteroatoms. The lowest BCUT2D eigenvalue weighted by molar-refractivity contribution is -0.140. The van der Waals surface area contributed by atoms with Gasteiger partial charge in [0.1, 0.15) is 10.9 Å². The molecule has 1 aromatic carbocycles. The molecule has 1 aliphatic rings. The minimum atomic E-state index is -1.13. The molecule has 0 saturated carbocycles. The number of amides is 1. The molecule has 22 heavy (non-hydrogen) atoms. The first-order valence-corrected chi connectivity index (χ1v) is 7.89. The molecule has 0 radical (unpaired) electrons. The zero-order chi connectivity index (χ0) is 16.4. The van der Waals surface area contributed by atoms with Crippen LogP contribution in [0.25, 0.3) is 6.08 Å². The largest absolute Gasteiger partial charge is 0.504 e. The Labute approximate surface area is 143 Å². The summed E-state index contributed by atoms with van der Waals surface area (Å²) in [5.41, 5.74) is 0.602. The quantitative estimate of drug-likeness (QED) is 0.589. The second kappa shape index (κ2) is 6.67. The van der Waals surface area contributed by atoms with Crippen LogP contribution in [0.15, 0.2) is 21.5 Å². The Morgan fingerprint density at radius 1 is 1.55 bits per heavy atom. The second-order valence-electron chi connectivity index (χ2n) is 4.21. The zero-order valence-electron chi connectivity index (χ0n) is 11.2. The fourth-order valence-corrected chi connectivity index (χ4v) is 3.44. The van der Waals surface area contributed by atoms with E-state index in [1.54, 1.807) is 12.1 Å². The third-order valence-electron chi connectivity index (χ3n) is 2.75. The van der Waals surface area contributed by atoms with E-state index < -0.39 is 18.4 Å². The number of aromatic hydroxyl groups is 1. The van der Waals surface area contributed by atoms with E-state index in [-0.39, 0.29) is 15.8 Å². The molecule has 6 nitrogen and oxygen atoms in total. The van der Waals surface area contributed by atoms with Crippen LogP contribution in [0.2, 0.25) is 0 Å². The highest BCUT2D eigenvalue weighted by molar-refractivity contribution is 9.10. The molecule has 0 aliphatic carbocycles. The smallest absolute Gasteiger partial charge is 0.323 e. The van der Waals surface area contributed by atoms with Gasteiger partial charge in [-0.1, -0.05) is 39.9 Å². The number of methoxy groups -OCH3 is 1. The summed E-state index contributed by atoms with van der Waals surface area (Å²) in [6, 6.07) is 3.01. The van der Waals surface area contributed by atoms with Crippen molar-refractivity contribution in [2.75, 3.05) is 13.7 Å². The van der Waals surface area contributed by atoms with Gasteiger partial charge < -0.3 is 14.9 Å². The molecule has 0 unspecified atom stereocenters. The van der Waals surface area contributed by atoms with E-state index in [2.05, 4.69) is 15.9 Å². The van der Waals surface area contributed by atoms with E-state index in [1.165, 1.54) is 13.2 Å². The number of rotatable bonds is 4. The molecule has 1 saturated heterocycles. The van der Waals surface area contributed by atoms with E-state index in [0.29, 0.717) is 14.9 Å². The number of hydrogen-bond donors (Lipinski definition) is 2. The lowest BCUT2D eigenvalue weighted by Gasteiger charge is -2.10. The summed E-state index contributed by atoms with van der Waals surface area (Å²) in [7, 11) is 1.42. The van der Waals surface area contributed by atoms with Crippen LogP contribution in [-0.4, -0.2) is 45.0 Å². The van der Waals surface area contributed by atoms with Crippen molar-refractivity contribution < 1.29 is 24.5 Å². The highest BCUT2D eigenvalue weighted by atomic mass is 79.9. The van der Waals surface area contributed by atoms with Crippen LogP contribution in [0.1, 0.15) is 5.56 Å². The van der Waals surface area contributed by atoms with Crippen LogP contribution >= 0.6 is 39.9 Å². The number of halogens is 1. The number of phenols is 1. The van der Waals surface area contributed by atoms with Crippen molar-refractivity contribution in [3.05, 3.63) is 27.1 Å². The van der Waals surface area contributed by atoms with Gasteiger partial charge >= 0.3 is 5.97 Å². The summed E-state index contributed by atoms with van der Waals surface area (Å²) in [5.74, 6) is -1.37. The first-order chi connectivity index (χ1) is 10.3. The van der Waals surface area contributed by atoms with Gasteiger partial charge in [0.15, 0.2) is 11.5 Å². The Morgan fingerprint density at radius 2 is 2.23 bits per heavy atom. The van der Waals surface area contributed by atoms with Crippen LogP contribution in [0.4, 0.5) is 0 Å². The summed E-state index contributed by atoms with van der Waals surface area (Å²) in [4.78, 5) is 24.3. The number of carboxylic acid groups (broad SMARTS) is 1. The summed E-state index contributed by atoms with van der Waals surface area (Å²) in [5, 5.41) is 18.5. The maximum atomic E-state index is 12.2. The molecule has 1 amide bonds. The van der Waals surface area contributed by atoms with E-state index in [0.717, 1.165) is 16.7 Å². The number of ether oxygens (including phenoxy) is 1. The summed E-state index contributed by atoms with van der Waals surface area (Å²) in [6.45, 7) is -0.470. The molecule has 0 spiro atoms. The van der Waals surface area contributed by atoms with Gasteiger partial charge in [-0.3, -0.25) is 14.5 Å². The average Bonchev–Trinajstić information content (AvgIpc) is 2.69. The summed E-state index contributed by atoms with van der Waals surface area (Å²) >= 11 is 9.33. The molecule has 1 aliphatic heterocycles. The number of carbonyl (C=O) groups is 2. The van der Waals surface area contributed by atoms with Crippen molar-refractivity contribution in [2.45, 2.75) is 0 Å². The minimum absolute atomic E-state index is 0.0371. The van der Waals surface area contributed by atoms with Crippen LogP contribution in [0.3, 0.4) is 0 Å². The maximum Gasteiger partial charge on any atom is 0.323 e. The number of thioether (sulfide) groups is 1. The van der Waals surface area contributed by atoms with Gasteiger partial charge in [0.25, 0.3) is 5.91 Å². The SMILES string of the molecule is COc1cc(/C=C2/SC(=S)N(CC(=O)O)C2=O)c(Br)cc1O. The maximum absolute atomic E-state index is 12.2. The Bertz CT molecular complexity index is 704. The predicted octanol–water partition coefficient (Wildman–Crippen LogP) is 2.45. The highest BCUT2D eigenvalue weighted by Gasteiger charge is 2.33. The third-order valence-corrected chi connectivity index (χ3v) is 4.82. The molecule has 1 fully saturated rings. The van der Waals surface area contributed by atoms with Gasteiger partial charge in [-0.2, -0.15) is 0 Å². The monoisotopic (exact) mass is 403 g/mol. The lowest BCUT2D eigenvalue weighted by Crippen LogP contribution is -2.33. The van der Waals surface area contributed by atoms with Crippen molar-refractivity contribution in [3.8, 4) is 11.5 Å². The Morgan fingerprint density at radius 3 is 2.82 bits per heavy atom. The van der Waals surface area contributed by atoms with Gasteiger partial charge in [0.05, 0.1) is 12.0 Å². The number of benzene rings is 1. The molecule has 0 aromatic heterocycles. The number of carboxylic acids is 1. The van der Waals surface area contributed by atoms with Crippen LogP contribution < -0.4 is 4.74 Å². The molecule has 2 N–H and O–H groups in total. The molecule has 2 rings (SSSR count). The molecule has 116 valence electrons. The van der Waals surface area contributed by atoms with Crippen LogP contribution in [0.5, 0.6) is 11.5 Å². The predicted molar refractivity (Wildman–Crippen MR) is 89.9 cm³/mol. The molecular formula is C13H10BrNO5S2. The summed E-state index contributed by atoms with van der Waals surface area (Å²) in [6.07, 6.45) is 1.56. The van der Waals surface area contributed by atoms with Crippen molar-refractivity contribution in [1.29, 1.82) is 0 Å². The Kier molecular flexibility index (Phi) is 5.09. The van der Waals surface area contributed by atoms with Gasteiger partial charge in [-0.15, -0.1) is 0 Å².